The molecule has 2 atom stereocenters. The van der Waals surface area contributed by atoms with Crippen molar-refractivity contribution < 1.29 is 14.0 Å². The van der Waals surface area contributed by atoms with E-state index in [1.54, 1.807) is 25.4 Å². The topological polar surface area (TPSA) is 62.3 Å². The smallest absolute Gasteiger partial charge is 0.251 e. The summed E-state index contributed by atoms with van der Waals surface area (Å²) in [7, 11) is 1.64. The number of likely N-dealkylation sites (N-methyl/N-ethyl adjacent to an activating group) is 1. The predicted molar refractivity (Wildman–Crippen MR) is 93.9 cm³/mol. The van der Waals surface area contributed by atoms with Crippen LogP contribution in [0.4, 0.5) is 4.39 Å². The van der Waals surface area contributed by atoms with Gasteiger partial charge in [0.2, 0.25) is 5.91 Å². The van der Waals surface area contributed by atoms with E-state index in [0.29, 0.717) is 18.5 Å². The SMILES string of the molecule is CN(CC(C)(C)NC(=O)c1ccc2cccnc2c1)C(=O)[C@@H]1C[C@H]1F. The van der Waals surface area contributed by atoms with Gasteiger partial charge in [-0.1, -0.05) is 12.1 Å². The highest BCUT2D eigenvalue weighted by Crippen LogP contribution is 2.35. The number of pyridine rings is 1. The average Bonchev–Trinajstić information content (AvgIpc) is 3.29. The number of halogens is 1. The first-order chi connectivity index (χ1) is 11.8. The lowest BCUT2D eigenvalue weighted by Gasteiger charge is -2.31. The van der Waals surface area contributed by atoms with Gasteiger partial charge in [0.15, 0.2) is 0 Å². The number of nitrogens with one attached hydrogen (secondary N) is 1. The zero-order valence-electron chi connectivity index (χ0n) is 14.6. The second kappa shape index (κ2) is 6.43. The van der Waals surface area contributed by atoms with Crippen LogP contribution in [0.2, 0.25) is 0 Å². The van der Waals surface area contributed by atoms with Crippen molar-refractivity contribution >= 4 is 22.7 Å². The molecule has 1 heterocycles. The van der Waals surface area contributed by atoms with Crippen LogP contribution in [-0.4, -0.2) is 47.0 Å². The molecule has 3 rings (SSSR count). The van der Waals surface area contributed by atoms with E-state index < -0.39 is 17.6 Å². The maximum atomic E-state index is 13.1. The normalized spacial score (nSPS) is 19.5. The number of aromatic nitrogens is 1. The van der Waals surface area contributed by atoms with Crippen LogP contribution >= 0.6 is 0 Å². The van der Waals surface area contributed by atoms with E-state index in [0.717, 1.165) is 10.9 Å². The van der Waals surface area contributed by atoms with Crippen LogP contribution in [0.15, 0.2) is 36.5 Å². The molecule has 0 aliphatic heterocycles. The number of rotatable bonds is 5. The molecule has 6 heteroatoms. The number of nitrogens with zero attached hydrogens (tertiary/aromatic N) is 2. The lowest BCUT2D eigenvalue weighted by Crippen LogP contribution is -2.52. The highest BCUT2D eigenvalue weighted by atomic mass is 19.1. The molecule has 1 fully saturated rings. The van der Waals surface area contributed by atoms with Gasteiger partial charge in [0.1, 0.15) is 6.17 Å². The Hall–Kier alpha value is -2.50. The van der Waals surface area contributed by atoms with Crippen LogP contribution in [-0.2, 0) is 4.79 Å². The molecule has 1 N–H and O–H groups in total. The summed E-state index contributed by atoms with van der Waals surface area (Å²) in [6, 6.07) is 9.13. The number of carbonyl (C=O) groups is 2. The maximum absolute atomic E-state index is 13.1. The molecule has 1 aromatic carbocycles. The molecule has 132 valence electrons. The van der Waals surface area contributed by atoms with E-state index >= 15 is 0 Å². The number of amides is 2. The first kappa shape index (κ1) is 17.3. The monoisotopic (exact) mass is 343 g/mol. The van der Waals surface area contributed by atoms with Crippen LogP contribution in [0.3, 0.4) is 0 Å². The van der Waals surface area contributed by atoms with Gasteiger partial charge >= 0.3 is 0 Å². The van der Waals surface area contributed by atoms with Gasteiger partial charge in [-0.2, -0.15) is 0 Å². The Morgan fingerprint density at radius 3 is 2.76 bits per heavy atom. The summed E-state index contributed by atoms with van der Waals surface area (Å²) >= 11 is 0. The highest BCUT2D eigenvalue weighted by Gasteiger charge is 2.45. The molecule has 5 nitrogen and oxygen atoms in total. The van der Waals surface area contributed by atoms with Crippen LogP contribution in [0.25, 0.3) is 10.9 Å². The van der Waals surface area contributed by atoms with Crippen molar-refractivity contribution in [2.75, 3.05) is 13.6 Å². The number of hydrogen-bond acceptors (Lipinski definition) is 3. The summed E-state index contributed by atoms with van der Waals surface area (Å²) < 4.78 is 13.1. The Kier molecular flexibility index (Phi) is 4.45. The molecule has 1 aliphatic carbocycles. The quantitative estimate of drug-likeness (QED) is 0.907. The van der Waals surface area contributed by atoms with Gasteiger partial charge in [-0.15, -0.1) is 0 Å². The second-order valence-corrected chi connectivity index (χ2v) is 7.30. The number of fused-ring (bicyclic) bond motifs is 1. The fraction of sp³-hybridized carbons (Fsp3) is 0.421. The molecule has 25 heavy (non-hydrogen) atoms. The van der Waals surface area contributed by atoms with E-state index in [2.05, 4.69) is 10.3 Å². The van der Waals surface area contributed by atoms with E-state index in [1.165, 1.54) is 4.90 Å². The van der Waals surface area contributed by atoms with Crippen molar-refractivity contribution in [3.05, 3.63) is 42.1 Å². The summed E-state index contributed by atoms with van der Waals surface area (Å²) in [5.74, 6) is -0.944. The molecule has 0 bridgehead atoms. The summed E-state index contributed by atoms with van der Waals surface area (Å²) in [5, 5.41) is 3.91. The Morgan fingerprint density at radius 1 is 1.36 bits per heavy atom. The third-order valence-corrected chi connectivity index (χ3v) is 4.36. The first-order valence-corrected chi connectivity index (χ1v) is 8.33. The van der Waals surface area contributed by atoms with Gasteiger partial charge in [0.05, 0.1) is 17.0 Å². The molecule has 1 saturated carbocycles. The Balaban J connectivity index is 1.66. The van der Waals surface area contributed by atoms with Crippen molar-refractivity contribution in [1.82, 2.24) is 15.2 Å². The van der Waals surface area contributed by atoms with Crippen molar-refractivity contribution in [2.24, 2.45) is 5.92 Å². The second-order valence-electron chi connectivity index (χ2n) is 7.30. The third kappa shape index (κ3) is 3.95. The Labute approximate surface area is 146 Å². The fourth-order valence-electron chi connectivity index (χ4n) is 3.00. The molecule has 1 aliphatic rings. The van der Waals surface area contributed by atoms with Crippen molar-refractivity contribution in [1.29, 1.82) is 0 Å². The van der Waals surface area contributed by atoms with Crippen LogP contribution in [0.5, 0.6) is 0 Å². The Morgan fingerprint density at radius 2 is 2.08 bits per heavy atom. The fourth-order valence-corrected chi connectivity index (χ4v) is 3.00. The number of alkyl halides is 1. The van der Waals surface area contributed by atoms with Crippen molar-refractivity contribution in [2.45, 2.75) is 32.0 Å². The maximum Gasteiger partial charge on any atom is 0.251 e. The molecule has 0 radical (unpaired) electrons. The number of benzene rings is 1. The minimum absolute atomic E-state index is 0.204. The minimum Gasteiger partial charge on any atom is -0.345 e. The molecule has 1 aromatic heterocycles. The summed E-state index contributed by atoms with van der Waals surface area (Å²) in [4.78, 5) is 30.4. The lowest BCUT2D eigenvalue weighted by atomic mass is 10.0. The van der Waals surface area contributed by atoms with Gasteiger partial charge < -0.3 is 10.2 Å². The van der Waals surface area contributed by atoms with E-state index in [9.17, 15) is 14.0 Å². The zero-order valence-corrected chi connectivity index (χ0v) is 14.6. The van der Waals surface area contributed by atoms with Gasteiger partial charge in [0.25, 0.3) is 5.91 Å². The minimum atomic E-state index is -1.02. The standard InChI is InChI=1S/C19H22FN3O2/c1-19(2,11-23(3)18(25)14-10-15(14)20)22-17(24)13-7-6-12-5-4-8-21-16(12)9-13/h4-9,14-15H,10-11H2,1-3H3,(H,22,24)/t14-,15-/m1/s1. The predicted octanol–water partition coefficient (Wildman–Crippen LogP) is 2.56. The summed E-state index contributed by atoms with van der Waals surface area (Å²) in [6.45, 7) is 3.99. The molecule has 0 unspecified atom stereocenters. The lowest BCUT2D eigenvalue weighted by molar-refractivity contribution is -0.132. The van der Waals surface area contributed by atoms with Crippen molar-refractivity contribution in [3.8, 4) is 0 Å². The first-order valence-electron chi connectivity index (χ1n) is 8.33. The van der Waals surface area contributed by atoms with E-state index in [4.69, 9.17) is 0 Å². The van der Waals surface area contributed by atoms with Crippen LogP contribution in [0, 0.1) is 5.92 Å². The number of carbonyl (C=O) groups excluding carboxylic acids is 2. The molecule has 0 spiro atoms. The Bertz CT molecular complexity index is 821. The van der Waals surface area contributed by atoms with Crippen LogP contribution < -0.4 is 5.32 Å². The third-order valence-electron chi connectivity index (χ3n) is 4.36. The summed E-state index contributed by atoms with van der Waals surface area (Å²) in [6.07, 6.45) is 0.975. The molecule has 0 saturated heterocycles. The van der Waals surface area contributed by atoms with Gasteiger partial charge in [-0.25, -0.2) is 4.39 Å². The van der Waals surface area contributed by atoms with Gasteiger partial charge in [-0.05, 0) is 38.5 Å². The average molecular weight is 343 g/mol. The van der Waals surface area contributed by atoms with Crippen molar-refractivity contribution in [3.63, 3.8) is 0 Å². The van der Waals surface area contributed by atoms with E-state index in [1.807, 2.05) is 32.0 Å². The molecular weight excluding hydrogens is 321 g/mol. The van der Waals surface area contributed by atoms with Gasteiger partial charge in [0, 0.05) is 30.7 Å². The zero-order chi connectivity index (χ0) is 18.2. The molecule has 2 aromatic rings. The number of hydrogen-bond donors (Lipinski definition) is 1. The van der Waals surface area contributed by atoms with E-state index in [-0.39, 0.29) is 11.8 Å². The largest absolute Gasteiger partial charge is 0.345 e. The highest BCUT2D eigenvalue weighted by molar-refractivity contribution is 5.98. The van der Waals surface area contributed by atoms with Crippen LogP contribution in [0.1, 0.15) is 30.6 Å². The summed E-state index contributed by atoms with van der Waals surface area (Å²) in [5.41, 5.74) is 0.628. The van der Waals surface area contributed by atoms with Gasteiger partial charge in [-0.3, -0.25) is 14.6 Å². The molecular formula is C19H22FN3O2. The molecule has 2 amide bonds.